The quantitative estimate of drug-likeness (QED) is 0.730. The van der Waals surface area contributed by atoms with E-state index in [9.17, 15) is 4.39 Å². The predicted octanol–water partition coefficient (Wildman–Crippen LogP) is 4.20. The zero-order chi connectivity index (χ0) is 12.5. The van der Waals surface area contributed by atoms with E-state index >= 15 is 0 Å². The van der Waals surface area contributed by atoms with Crippen molar-refractivity contribution in [1.82, 2.24) is 0 Å². The summed E-state index contributed by atoms with van der Waals surface area (Å²) in [5.41, 5.74) is 1.42. The summed E-state index contributed by atoms with van der Waals surface area (Å²) >= 11 is 1.63. The van der Waals surface area contributed by atoms with Crippen LogP contribution in [0.15, 0.2) is 48.5 Å². The number of fused-ring (bicyclic) bond motifs is 1. The second-order valence-corrected chi connectivity index (χ2v) is 5.24. The molecule has 0 aliphatic carbocycles. The maximum atomic E-state index is 13.4. The zero-order valence-electron chi connectivity index (χ0n) is 9.56. The summed E-state index contributed by atoms with van der Waals surface area (Å²) < 4.78 is 14.6. The van der Waals surface area contributed by atoms with Crippen LogP contribution < -0.4 is 0 Å². The van der Waals surface area contributed by atoms with E-state index in [1.165, 1.54) is 16.8 Å². The van der Waals surface area contributed by atoms with Crippen molar-refractivity contribution >= 4 is 21.4 Å². The summed E-state index contributed by atoms with van der Waals surface area (Å²) in [4.78, 5) is 1.02. The number of aliphatic hydroxyl groups excluding tert-OH is 1. The highest BCUT2D eigenvalue weighted by atomic mass is 32.1. The van der Waals surface area contributed by atoms with Crippen molar-refractivity contribution in [1.29, 1.82) is 0 Å². The molecule has 0 unspecified atom stereocenters. The van der Waals surface area contributed by atoms with Gasteiger partial charge in [-0.05, 0) is 46.8 Å². The Morgan fingerprint density at radius 1 is 1.06 bits per heavy atom. The van der Waals surface area contributed by atoms with Crippen LogP contribution >= 0.6 is 11.3 Å². The fourth-order valence-electron chi connectivity index (χ4n) is 2.01. The summed E-state index contributed by atoms with van der Waals surface area (Å²) in [5.74, 6) is -0.311. The summed E-state index contributed by atoms with van der Waals surface area (Å²) in [6.45, 7) is -0.143. The molecule has 0 amide bonds. The molecular weight excluding hydrogens is 247 g/mol. The smallest absolute Gasteiger partial charge is 0.124 e. The van der Waals surface area contributed by atoms with E-state index in [1.807, 2.05) is 24.3 Å². The van der Waals surface area contributed by atoms with E-state index in [1.54, 1.807) is 11.3 Å². The van der Waals surface area contributed by atoms with E-state index in [2.05, 4.69) is 12.1 Å². The van der Waals surface area contributed by atoms with Gasteiger partial charge in [0.15, 0.2) is 0 Å². The van der Waals surface area contributed by atoms with Crippen molar-refractivity contribution in [2.24, 2.45) is 0 Å². The van der Waals surface area contributed by atoms with Gasteiger partial charge in [-0.2, -0.15) is 0 Å². The maximum absolute atomic E-state index is 13.4. The molecule has 3 aromatic rings. The molecule has 0 aliphatic rings. The highest BCUT2D eigenvalue weighted by Crippen LogP contribution is 2.34. The number of hydrogen-bond donors (Lipinski definition) is 1. The molecule has 0 radical (unpaired) electrons. The van der Waals surface area contributed by atoms with Gasteiger partial charge in [-0.25, -0.2) is 4.39 Å². The Hall–Kier alpha value is -1.71. The SMILES string of the molecule is OCc1cc(F)cc(-c2cc3ccccc3s2)c1. The Morgan fingerprint density at radius 3 is 2.67 bits per heavy atom. The van der Waals surface area contributed by atoms with Crippen molar-refractivity contribution < 1.29 is 9.50 Å². The van der Waals surface area contributed by atoms with Crippen LogP contribution in [0.5, 0.6) is 0 Å². The van der Waals surface area contributed by atoms with Crippen LogP contribution in [0.1, 0.15) is 5.56 Å². The topological polar surface area (TPSA) is 20.2 Å². The van der Waals surface area contributed by atoms with Gasteiger partial charge in [-0.15, -0.1) is 11.3 Å². The molecule has 18 heavy (non-hydrogen) atoms. The Labute approximate surface area is 108 Å². The summed E-state index contributed by atoms with van der Waals surface area (Å²) in [5, 5.41) is 10.3. The molecule has 0 aliphatic heterocycles. The van der Waals surface area contributed by atoms with Crippen LogP contribution in [0, 0.1) is 5.82 Å². The molecule has 1 nitrogen and oxygen atoms in total. The molecule has 0 atom stereocenters. The van der Waals surface area contributed by atoms with Gasteiger partial charge >= 0.3 is 0 Å². The van der Waals surface area contributed by atoms with E-state index in [0.717, 1.165) is 15.8 Å². The minimum absolute atomic E-state index is 0.143. The second kappa shape index (κ2) is 4.52. The monoisotopic (exact) mass is 258 g/mol. The van der Waals surface area contributed by atoms with Crippen LogP contribution in [0.4, 0.5) is 4.39 Å². The van der Waals surface area contributed by atoms with Crippen molar-refractivity contribution in [3.05, 3.63) is 59.9 Å². The molecule has 0 fully saturated rings. The third kappa shape index (κ3) is 2.03. The standard InChI is InChI=1S/C15H11FOS/c16-13-6-10(9-17)5-12(7-13)15-8-11-3-1-2-4-14(11)18-15/h1-8,17H,9H2. The third-order valence-corrected chi connectivity index (χ3v) is 4.02. The number of aliphatic hydroxyl groups is 1. The minimum Gasteiger partial charge on any atom is -0.392 e. The average molecular weight is 258 g/mol. The van der Waals surface area contributed by atoms with Gasteiger partial charge < -0.3 is 5.11 Å². The maximum Gasteiger partial charge on any atom is 0.124 e. The fourth-order valence-corrected chi connectivity index (χ4v) is 3.06. The lowest BCUT2D eigenvalue weighted by molar-refractivity contribution is 0.281. The van der Waals surface area contributed by atoms with Crippen molar-refractivity contribution in [3.8, 4) is 10.4 Å². The normalized spacial score (nSPS) is 11.0. The minimum atomic E-state index is -0.311. The first kappa shape index (κ1) is 11.4. The molecular formula is C15H11FOS. The van der Waals surface area contributed by atoms with Crippen LogP contribution in [0.2, 0.25) is 0 Å². The highest BCUT2D eigenvalue weighted by molar-refractivity contribution is 7.22. The van der Waals surface area contributed by atoms with Gasteiger partial charge in [0.25, 0.3) is 0 Å². The second-order valence-electron chi connectivity index (χ2n) is 4.15. The Morgan fingerprint density at radius 2 is 1.89 bits per heavy atom. The lowest BCUT2D eigenvalue weighted by Crippen LogP contribution is -1.86. The molecule has 1 N–H and O–H groups in total. The number of benzene rings is 2. The summed E-state index contributed by atoms with van der Waals surface area (Å²) in [6, 6.07) is 14.8. The molecule has 1 heterocycles. The van der Waals surface area contributed by atoms with Gasteiger partial charge in [0, 0.05) is 9.58 Å². The van der Waals surface area contributed by atoms with Crippen LogP contribution in [0.25, 0.3) is 20.5 Å². The number of thiophene rings is 1. The molecule has 2 aromatic carbocycles. The van der Waals surface area contributed by atoms with Gasteiger partial charge in [-0.3, -0.25) is 0 Å². The molecule has 3 heteroatoms. The largest absolute Gasteiger partial charge is 0.392 e. The summed E-state index contributed by atoms with van der Waals surface area (Å²) in [6.07, 6.45) is 0. The Kier molecular flexibility index (Phi) is 2.86. The van der Waals surface area contributed by atoms with Crippen LogP contribution in [0.3, 0.4) is 0 Å². The van der Waals surface area contributed by atoms with Crippen molar-refractivity contribution in [2.75, 3.05) is 0 Å². The number of rotatable bonds is 2. The molecule has 0 saturated carbocycles. The number of halogens is 1. The van der Waals surface area contributed by atoms with E-state index in [-0.39, 0.29) is 12.4 Å². The lowest BCUT2D eigenvalue weighted by atomic mass is 10.1. The fraction of sp³-hybridized carbons (Fsp3) is 0.0667. The highest BCUT2D eigenvalue weighted by Gasteiger charge is 2.06. The first-order chi connectivity index (χ1) is 8.76. The van der Waals surface area contributed by atoms with Crippen molar-refractivity contribution in [2.45, 2.75) is 6.61 Å². The van der Waals surface area contributed by atoms with Gasteiger partial charge in [0.05, 0.1) is 6.61 Å². The third-order valence-electron chi connectivity index (χ3n) is 2.85. The van der Waals surface area contributed by atoms with Crippen molar-refractivity contribution in [3.63, 3.8) is 0 Å². The predicted molar refractivity (Wildman–Crippen MR) is 73.1 cm³/mol. The molecule has 1 aromatic heterocycles. The molecule has 90 valence electrons. The average Bonchev–Trinajstić information content (AvgIpc) is 2.81. The lowest BCUT2D eigenvalue weighted by Gasteiger charge is -2.01. The Bertz CT molecular complexity index is 670. The van der Waals surface area contributed by atoms with Crippen LogP contribution in [-0.4, -0.2) is 5.11 Å². The first-order valence-corrected chi connectivity index (χ1v) is 6.47. The molecule has 0 spiro atoms. The van der Waals surface area contributed by atoms with E-state index in [4.69, 9.17) is 5.11 Å². The van der Waals surface area contributed by atoms with Gasteiger partial charge in [0.2, 0.25) is 0 Å². The van der Waals surface area contributed by atoms with E-state index in [0.29, 0.717) is 5.56 Å². The molecule has 0 saturated heterocycles. The van der Waals surface area contributed by atoms with E-state index < -0.39 is 0 Å². The van der Waals surface area contributed by atoms with Gasteiger partial charge in [-0.1, -0.05) is 18.2 Å². The zero-order valence-corrected chi connectivity index (χ0v) is 10.4. The molecule has 3 rings (SSSR count). The Balaban J connectivity index is 2.16. The van der Waals surface area contributed by atoms with Gasteiger partial charge in [0.1, 0.15) is 5.82 Å². The first-order valence-electron chi connectivity index (χ1n) is 5.65. The summed E-state index contributed by atoms with van der Waals surface area (Å²) in [7, 11) is 0. The number of hydrogen-bond acceptors (Lipinski definition) is 2. The van der Waals surface area contributed by atoms with Crippen LogP contribution in [-0.2, 0) is 6.61 Å². The molecule has 0 bridgehead atoms.